The Balaban J connectivity index is 1.37. The zero-order valence-electron chi connectivity index (χ0n) is 22.1. The SMILES string of the molecule is CC(Oc1ccc(C(C)(C)C)cc1)C(=O)Nc1ccccc1C(=O)Nc1ccc(Nc2ccccc2)cc1. The van der Waals surface area contributed by atoms with Crippen molar-refractivity contribution in [2.24, 2.45) is 0 Å². The van der Waals surface area contributed by atoms with Crippen LogP contribution in [0.4, 0.5) is 22.7 Å². The molecule has 0 aromatic heterocycles. The fourth-order valence-corrected chi connectivity index (χ4v) is 3.84. The third-order valence-electron chi connectivity index (χ3n) is 6.04. The molecule has 194 valence electrons. The maximum absolute atomic E-state index is 13.1. The first-order valence-electron chi connectivity index (χ1n) is 12.6. The highest BCUT2D eigenvalue weighted by Crippen LogP contribution is 2.25. The van der Waals surface area contributed by atoms with Crippen LogP contribution in [0.3, 0.4) is 0 Å². The number of nitrogens with one attached hydrogen (secondary N) is 3. The molecule has 1 atom stereocenters. The van der Waals surface area contributed by atoms with Gasteiger partial charge in [-0.05, 0) is 78.6 Å². The monoisotopic (exact) mass is 507 g/mol. The molecule has 2 amide bonds. The molecule has 6 nitrogen and oxygen atoms in total. The van der Waals surface area contributed by atoms with E-state index < -0.39 is 6.10 Å². The molecule has 38 heavy (non-hydrogen) atoms. The lowest BCUT2D eigenvalue weighted by Crippen LogP contribution is -2.31. The Morgan fingerprint density at radius 2 is 1.26 bits per heavy atom. The summed E-state index contributed by atoms with van der Waals surface area (Å²) in [6.45, 7) is 8.11. The minimum absolute atomic E-state index is 0.0346. The number of hydrogen-bond acceptors (Lipinski definition) is 4. The standard InChI is InChI=1S/C32H33N3O3/c1-22(38-27-20-14-23(15-21-27)32(2,3)4)30(36)35-29-13-9-8-12-28(29)31(37)34-26-18-16-25(17-19-26)33-24-10-6-5-7-11-24/h5-22,33H,1-4H3,(H,34,37)(H,35,36). The van der Waals surface area contributed by atoms with Crippen molar-refractivity contribution < 1.29 is 14.3 Å². The second kappa shape index (κ2) is 11.6. The molecule has 4 aromatic rings. The fraction of sp³-hybridized carbons (Fsp3) is 0.188. The Bertz CT molecular complexity index is 1380. The highest BCUT2D eigenvalue weighted by atomic mass is 16.5. The molecule has 0 radical (unpaired) electrons. The fourth-order valence-electron chi connectivity index (χ4n) is 3.84. The summed E-state index contributed by atoms with van der Waals surface area (Å²) in [5.41, 5.74) is 4.52. The van der Waals surface area contributed by atoms with E-state index in [0.29, 0.717) is 22.7 Å². The van der Waals surface area contributed by atoms with Gasteiger partial charge in [0, 0.05) is 17.1 Å². The number of para-hydroxylation sites is 2. The minimum atomic E-state index is -0.753. The molecule has 0 spiro atoms. The van der Waals surface area contributed by atoms with Gasteiger partial charge in [0.2, 0.25) is 0 Å². The molecule has 6 heteroatoms. The van der Waals surface area contributed by atoms with Crippen molar-refractivity contribution in [2.75, 3.05) is 16.0 Å². The van der Waals surface area contributed by atoms with Gasteiger partial charge in [-0.15, -0.1) is 0 Å². The van der Waals surface area contributed by atoms with Gasteiger partial charge in [0.25, 0.3) is 11.8 Å². The number of hydrogen-bond donors (Lipinski definition) is 3. The lowest BCUT2D eigenvalue weighted by molar-refractivity contribution is -0.122. The van der Waals surface area contributed by atoms with Crippen molar-refractivity contribution in [2.45, 2.75) is 39.2 Å². The largest absolute Gasteiger partial charge is 0.481 e. The minimum Gasteiger partial charge on any atom is -0.481 e. The number of benzene rings is 4. The van der Waals surface area contributed by atoms with Gasteiger partial charge in [-0.3, -0.25) is 9.59 Å². The summed E-state index contributed by atoms with van der Waals surface area (Å²) in [6.07, 6.45) is -0.753. The average Bonchev–Trinajstić information content (AvgIpc) is 2.90. The molecular formula is C32H33N3O3. The maximum Gasteiger partial charge on any atom is 0.265 e. The lowest BCUT2D eigenvalue weighted by Gasteiger charge is -2.20. The smallest absolute Gasteiger partial charge is 0.265 e. The summed E-state index contributed by atoms with van der Waals surface area (Å²) in [5, 5.41) is 9.05. The number of carbonyl (C=O) groups excluding carboxylic acids is 2. The molecule has 0 aliphatic rings. The molecule has 0 bridgehead atoms. The molecule has 0 fully saturated rings. The van der Waals surface area contributed by atoms with E-state index in [4.69, 9.17) is 4.74 Å². The van der Waals surface area contributed by atoms with Crippen molar-refractivity contribution in [1.82, 2.24) is 0 Å². The summed E-state index contributed by atoms with van der Waals surface area (Å²) < 4.78 is 5.85. The highest BCUT2D eigenvalue weighted by Gasteiger charge is 2.19. The van der Waals surface area contributed by atoms with Gasteiger partial charge in [-0.25, -0.2) is 0 Å². The quantitative estimate of drug-likeness (QED) is 0.232. The van der Waals surface area contributed by atoms with Crippen LogP contribution >= 0.6 is 0 Å². The van der Waals surface area contributed by atoms with E-state index in [1.165, 1.54) is 5.56 Å². The number of carbonyl (C=O) groups is 2. The molecular weight excluding hydrogens is 474 g/mol. The van der Waals surface area contributed by atoms with E-state index in [1.54, 1.807) is 31.2 Å². The molecule has 0 saturated carbocycles. The topological polar surface area (TPSA) is 79.5 Å². The van der Waals surface area contributed by atoms with Crippen LogP contribution in [0.15, 0.2) is 103 Å². The zero-order chi connectivity index (χ0) is 27.1. The van der Waals surface area contributed by atoms with Gasteiger partial charge in [0.1, 0.15) is 5.75 Å². The predicted molar refractivity (Wildman–Crippen MR) is 154 cm³/mol. The first-order chi connectivity index (χ1) is 18.2. The third-order valence-corrected chi connectivity index (χ3v) is 6.04. The number of ether oxygens (including phenoxy) is 1. The van der Waals surface area contributed by atoms with Crippen LogP contribution in [0.2, 0.25) is 0 Å². The maximum atomic E-state index is 13.1. The van der Waals surface area contributed by atoms with Gasteiger partial charge >= 0.3 is 0 Å². The van der Waals surface area contributed by atoms with E-state index in [0.717, 1.165) is 11.4 Å². The summed E-state index contributed by atoms with van der Waals surface area (Å²) in [5.74, 6) is -0.0608. The van der Waals surface area contributed by atoms with E-state index in [-0.39, 0.29) is 17.2 Å². The number of rotatable bonds is 8. The van der Waals surface area contributed by atoms with Crippen molar-refractivity contribution in [3.8, 4) is 5.75 Å². The Labute approximate surface area is 224 Å². The van der Waals surface area contributed by atoms with Crippen molar-refractivity contribution in [3.05, 3.63) is 114 Å². The van der Waals surface area contributed by atoms with Crippen LogP contribution in [-0.4, -0.2) is 17.9 Å². The molecule has 0 saturated heterocycles. The van der Waals surface area contributed by atoms with Gasteiger partial charge < -0.3 is 20.7 Å². The number of amides is 2. The molecule has 1 unspecified atom stereocenters. The average molecular weight is 508 g/mol. The van der Waals surface area contributed by atoms with Crippen molar-refractivity contribution in [3.63, 3.8) is 0 Å². The molecule has 0 aliphatic heterocycles. The van der Waals surface area contributed by atoms with E-state index >= 15 is 0 Å². The number of anilines is 4. The van der Waals surface area contributed by atoms with E-state index in [9.17, 15) is 9.59 Å². The molecule has 3 N–H and O–H groups in total. The van der Waals surface area contributed by atoms with Crippen LogP contribution < -0.4 is 20.7 Å². The van der Waals surface area contributed by atoms with Gasteiger partial charge in [0.15, 0.2) is 6.10 Å². The zero-order valence-corrected chi connectivity index (χ0v) is 22.1. The van der Waals surface area contributed by atoms with Crippen LogP contribution in [0, 0.1) is 0 Å². The second-order valence-corrected chi connectivity index (χ2v) is 10.1. The van der Waals surface area contributed by atoms with Crippen molar-refractivity contribution >= 4 is 34.6 Å². The molecule has 4 rings (SSSR count). The van der Waals surface area contributed by atoms with Crippen molar-refractivity contribution in [1.29, 1.82) is 0 Å². The first-order valence-corrected chi connectivity index (χ1v) is 12.6. The Kier molecular flexibility index (Phi) is 8.12. The Hall–Kier alpha value is -4.58. The highest BCUT2D eigenvalue weighted by molar-refractivity contribution is 6.10. The van der Waals surface area contributed by atoms with Gasteiger partial charge in [-0.2, -0.15) is 0 Å². The molecule has 0 heterocycles. The summed E-state index contributed by atoms with van der Waals surface area (Å²) in [6, 6.07) is 31.9. The summed E-state index contributed by atoms with van der Waals surface area (Å²) in [4.78, 5) is 25.9. The third kappa shape index (κ3) is 7.01. The Morgan fingerprint density at radius 1 is 0.684 bits per heavy atom. The molecule has 4 aromatic carbocycles. The van der Waals surface area contributed by atoms with E-state index in [2.05, 4.69) is 36.7 Å². The van der Waals surface area contributed by atoms with Crippen LogP contribution in [0.1, 0.15) is 43.6 Å². The van der Waals surface area contributed by atoms with E-state index in [1.807, 2.05) is 78.9 Å². The summed E-state index contributed by atoms with van der Waals surface area (Å²) in [7, 11) is 0. The van der Waals surface area contributed by atoms with Crippen LogP contribution in [0.25, 0.3) is 0 Å². The Morgan fingerprint density at radius 3 is 1.92 bits per heavy atom. The van der Waals surface area contributed by atoms with Crippen LogP contribution in [-0.2, 0) is 10.2 Å². The molecule has 0 aliphatic carbocycles. The second-order valence-electron chi connectivity index (χ2n) is 10.1. The van der Waals surface area contributed by atoms with Gasteiger partial charge in [0.05, 0.1) is 11.3 Å². The lowest BCUT2D eigenvalue weighted by atomic mass is 9.87. The first kappa shape index (κ1) is 26.5. The van der Waals surface area contributed by atoms with Crippen LogP contribution in [0.5, 0.6) is 5.75 Å². The summed E-state index contributed by atoms with van der Waals surface area (Å²) >= 11 is 0. The normalized spacial score (nSPS) is 11.8. The van der Waals surface area contributed by atoms with Gasteiger partial charge in [-0.1, -0.05) is 63.2 Å². The predicted octanol–water partition coefficient (Wildman–Crippen LogP) is 7.39.